The second kappa shape index (κ2) is 10.2. The number of rotatable bonds is 8. The zero-order valence-corrected chi connectivity index (χ0v) is 19.0. The van der Waals surface area contributed by atoms with Crippen LogP contribution in [-0.2, 0) is 24.2 Å². The molecule has 1 N–H and O–H groups in total. The summed E-state index contributed by atoms with van der Waals surface area (Å²) in [5, 5.41) is 3.93. The van der Waals surface area contributed by atoms with Gasteiger partial charge in [0.25, 0.3) is 5.56 Å². The van der Waals surface area contributed by atoms with E-state index in [1.807, 2.05) is 48.5 Å². The Kier molecular flexibility index (Phi) is 7.14. The third kappa shape index (κ3) is 5.60. The lowest BCUT2D eigenvalue weighted by Crippen LogP contribution is -2.29. The number of nitrogens with one attached hydrogen (secondary N) is 1. The predicted octanol–water partition coefficient (Wildman–Crippen LogP) is 3.78. The lowest BCUT2D eigenvalue weighted by molar-refractivity contribution is -0.118. The molecule has 1 aromatic heterocycles. The van der Waals surface area contributed by atoms with Crippen LogP contribution in [0.25, 0.3) is 0 Å². The molecule has 1 amide bonds. The lowest BCUT2D eigenvalue weighted by atomic mass is 10.1. The number of thioether (sulfide) groups is 2. The third-order valence-corrected chi connectivity index (χ3v) is 7.25. The first-order chi connectivity index (χ1) is 15.1. The molecule has 2 aromatic carbocycles. The van der Waals surface area contributed by atoms with Gasteiger partial charge in [-0.05, 0) is 17.5 Å². The molecule has 0 saturated heterocycles. The predicted molar refractivity (Wildman–Crippen MR) is 127 cm³/mol. The van der Waals surface area contributed by atoms with E-state index in [0.717, 1.165) is 29.0 Å². The molecule has 7 heteroatoms. The maximum atomic E-state index is 13.2. The smallest absolute Gasteiger partial charge is 0.268 e. The molecule has 31 heavy (non-hydrogen) atoms. The summed E-state index contributed by atoms with van der Waals surface area (Å²) in [6, 6.07) is 20.0. The Morgan fingerprint density at radius 1 is 1.13 bits per heavy atom. The summed E-state index contributed by atoms with van der Waals surface area (Å²) in [6.07, 6.45) is 1.58. The fraction of sp³-hybridized carbons (Fsp3) is 0.292. The van der Waals surface area contributed by atoms with Crippen LogP contribution in [0.4, 0.5) is 0 Å². The van der Waals surface area contributed by atoms with Crippen molar-refractivity contribution in [2.75, 3.05) is 12.3 Å². The minimum absolute atomic E-state index is 0.00445. The summed E-state index contributed by atoms with van der Waals surface area (Å²) < 4.78 is 1.71. The highest BCUT2D eigenvalue weighted by molar-refractivity contribution is 8.00. The summed E-state index contributed by atoms with van der Waals surface area (Å²) >= 11 is 2.93. The van der Waals surface area contributed by atoms with Crippen LogP contribution >= 0.6 is 23.5 Å². The van der Waals surface area contributed by atoms with Gasteiger partial charge < -0.3 is 5.32 Å². The zero-order valence-electron chi connectivity index (χ0n) is 17.4. The van der Waals surface area contributed by atoms with Crippen LogP contribution in [0.2, 0.25) is 0 Å². The van der Waals surface area contributed by atoms with Gasteiger partial charge in [-0.15, -0.1) is 11.8 Å². The molecule has 0 saturated carbocycles. The summed E-state index contributed by atoms with van der Waals surface area (Å²) in [6.45, 7) is 3.15. The Labute approximate surface area is 190 Å². The van der Waals surface area contributed by atoms with E-state index in [4.69, 9.17) is 4.98 Å². The van der Waals surface area contributed by atoms with Crippen LogP contribution in [0.15, 0.2) is 75.5 Å². The number of carbonyl (C=O) groups is 1. The van der Waals surface area contributed by atoms with Gasteiger partial charge in [0.15, 0.2) is 5.16 Å². The summed E-state index contributed by atoms with van der Waals surface area (Å²) in [4.78, 5) is 31.1. The molecule has 1 aliphatic heterocycles. The van der Waals surface area contributed by atoms with Gasteiger partial charge >= 0.3 is 0 Å². The van der Waals surface area contributed by atoms with E-state index in [9.17, 15) is 9.59 Å². The highest BCUT2D eigenvalue weighted by Gasteiger charge is 2.26. The van der Waals surface area contributed by atoms with Crippen molar-refractivity contribution < 1.29 is 4.79 Å². The first kappa shape index (κ1) is 21.7. The number of carbonyl (C=O) groups excluding carboxylic acids is 1. The van der Waals surface area contributed by atoms with Crippen molar-refractivity contribution in [1.82, 2.24) is 14.9 Å². The van der Waals surface area contributed by atoms with E-state index >= 15 is 0 Å². The Morgan fingerprint density at radius 3 is 2.52 bits per heavy atom. The van der Waals surface area contributed by atoms with Gasteiger partial charge in [-0.25, -0.2) is 4.98 Å². The van der Waals surface area contributed by atoms with Crippen LogP contribution in [0, 0.1) is 0 Å². The van der Waals surface area contributed by atoms with Gasteiger partial charge in [-0.1, -0.05) is 79.3 Å². The largest absolute Gasteiger partial charge is 0.355 e. The fourth-order valence-electron chi connectivity index (χ4n) is 3.52. The van der Waals surface area contributed by atoms with E-state index in [0.29, 0.717) is 23.5 Å². The molecule has 1 atom stereocenters. The molecule has 3 aromatic rings. The number of aromatic nitrogens is 2. The van der Waals surface area contributed by atoms with Gasteiger partial charge in [0.1, 0.15) is 0 Å². The molecule has 1 aliphatic rings. The molecule has 5 nitrogen and oxygen atoms in total. The minimum atomic E-state index is -0.0512. The molecule has 160 valence electrons. The molecular weight excluding hydrogens is 426 g/mol. The molecular formula is C24H25N3O2S2. The Hall–Kier alpha value is -2.51. The van der Waals surface area contributed by atoms with Crippen LogP contribution in [-0.4, -0.2) is 33.0 Å². The van der Waals surface area contributed by atoms with E-state index in [1.165, 1.54) is 17.3 Å². The van der Waals surface area contributed by atoms with Crippen molar-refractivity contribution in [3.8, 4) is 0 Å². The standard InChI is InChI=1S/C24H25N3O2S2/c1-17-14-20-22(31-17)23(29)27(15-19-10-6-3-7-11-19)24(26-20)30-16-21(28)25-13-12-18-8-4-2-5-9-18/h2-11,17H,12-16H2,1H3,(H,25,28). The van der Waals surface area contributed by atoms with E-state index in [-0.39, 0.29) is 17.2 Å². The van der Waals surface area contributed by atoms with Crippen molar-refractivity contribution in [2.24, 2.45) is 0 Å². The average Bonchev–Trinajstić information content (AvgIpc) is 3.16. The molecule has 1 unspecified atom stereocenters. The summed E-state index contributed by atoms with van der Waals surface area (Å²) in [7, 11) is 0. The van der Waals surface area contributed by atoms with Gasteiger partial charge in [-0.3, -0.25) is 14.2 Å². The average molecular weight is 452 g/mol. The quantitative estimate of drug-likeness (QED) is 0.417. The number of amides is 1. The van der Waals surface area contributed by atoms with Crippen LogP contribution in [0.1, 0.15) is 23.7 Å². The van der Waals surface area contributed by atoms with Crippen LogP contribution in [0.5, 0.6) is 0 Å². The van der Waals surface area contributed by atoms with Gasteiger partial charge in [-0.2, -0.15) is 0 Å². The number of hydrogen-bond donors (Lipinski definition) is 1. The number of benzene rings is 2. The SMILES string of the molecule is CC1Cc2nc(SCC(=O)NCCc3ccccc3)n(Cc3ccccc3)c(=O)c2S1. The normalized spacial score (nSPS) is 14.9. The Morgan fingerprint density at radius 2 is 1.81 bits per heavy atom. The molecule has 0 radical (unpaired) electrons. The molecule has 0 aliphatic carbocycles. The topological polar surface area (TPSA) is 64.0 Å². The molecule has 0 bridgehead atoms. The molecule has 4 rings (SSSR count). The van der Waals surface area contributed by atoms with Crippen molar-refractivity contribution in [3.63, 3.8) is 0 Å². The first-order valence-electron chi connectivity index (χ1n) is 10.4. The van der Waals surface area contributed by atoms with Crippen molar-refractivity contribution >= 4 is 29.4 Å². The van der Waals surface area contributed by atoms with E-state index in [2.05, 4.69) is 24.4 Å². The monoisotopic (exact) mass is 451 g/mol. The van der Waals surface area contributed by atoms with Crippen molar-refractivity contribution in [1.29, 1.82) is 0 Å². The van der Waals surface area contributed by atoms with Crippen molar-refractivity contribution in [2.45, 2.75) is 41.6 Å². The third-order valence-electron chi connectivity index (χ3n) is 5.06. The second-order valence-corrected chi connectivity index (χ2v) is 9.95. The van der Waals surface area contributed by atoms with Gasteiger partial charge in [0, 0.05) is 18.2 Å². The molecule has 0 spiro atoms. The first-order valence-corrected chi connectivity index (χ1v) is 12.2. The Bertz CT molecular complexity index is 1100. The molecule has 0 fully saturated rings. The number of fused-ring (bicyclic) bond motifs is 1. The lowest BCUT2D eigenvalue weighted by Gasteiger charge is -2.14. The molecule has 2 heterocycles. The summed E-state index contributed by atoms with van der Waals surface area (Å²) in [5.41, 5.74) is 3.09. The van der Waals surface area contributed by atoms with Crippen LogP contribution < -0.4 is 10.9 Å². The van der Waals surface area contributed by atoms with Crippen LogP contribution in [0.3, 0.4) is 0 Å². The number of nitrogens with zero attached hydrogens (tertiary/aromatic N) is 2. The van der Waals surface area contributed by atoms with Gasteiger partial charge in [0.05, 0.1) is 22.9 Å². The van der Waals surface area contributed by atoms with Gasteiger partial charge in [0.2, 0.25) is 5.91 Å². The minimum Gasteiger partial charge on any atom is -0.355 e. The maximum Gasteiger partial charge on any atom is 0.268 e. The van der Waals surface area contributed by atoms with E-state index < -0.39 is 0 Å². The second-order valence-electron chi connectivity index (χ2n) is 7.55. The zero-order chi connectivity index (χ0) is 21.6. The fourth-order valence-corrected chi connectivity index (χ4v) is 5.48. The van der Waals surface area contributed by atoms with E-state index in [1.54, 1.807) is 16.3 Å². The highest BCUT2D eigenvalue weighted by Crippen LogP contribution is 2.34. The number of hydrogen-bond acceptors (Lipinski definition) is 5. The Balaban J connectivity index is 1.45. The summed E-state index contributed by atoms with van der Waals surface area (Å²) in [5.74, 6) is 0.182. The maximum absolute atomic E-state index is 13.2. The highest BCUT2D eigenvalue weighted by atomic mass is 32.2. The van der Waals surface area contributed by atoms with Crippen molar-refractivity contribution in [3.05, 3.63) is 87.8 Å².